The average molecular weight is 313 g/mol. The van der Waals surface area contributed by atoms with Crippen molar-refractivity contribution in [3.05, 3.63) is 35.4 Å². The summed E-state index contributed by atoms with van der Waals surface area (Å²) in [6, 6.07) is 6.53. The van der Waals surface area contributed by atoms with E-state index in [4.69, 9.17) is 4.84 Å². The van der Waals surface area contributed by atoms with Crippen LogP contribution in [0.5, 0.6) is 0 Å². The molecule has 0 unspecified atom stereocenters. The molecule has 5 heteroatoms. The summed E-state index contributed by atoms with van der Waals surface area (Å²) < 4.78 is 0. The molecule has 1 heterocycles. The van der Waals surface area contributed by atoms with Crippen molar-refractivity contribution in [1.29, 1.82) is 0 Å². The number of amides is 2. The van der Waals surface area contributed by atoms with Crippen LogP contribution in [0.15, 0.2) is 24.3 Å². The number of hydrogen-bond acceptors (Lipinski definition) is 4. The van der Waals surface area contributed by atoms with E-state index in [0.717, 1.165) is 25.7 Å². The van der Waals surface area contributed by atoms with Crippen LogP contribution in [0.4, 0.5) is 0 Å². The average Bonchev–Trinajstić information content (AvgIpc) is 2.79. The highest BCUT2D eigenvalue weighted by molar-refractivity contribution is 6.20. The maximum Gasteiger partial charge on any atom is 0.336 e. The van der Waals surface area contributed by atoms with Crippen LogP contribution in [0.25, 0.3) is 0 Å². The number of rotatable bonds is 2. The first kappa shape index (κ1) is 14.4. The fraction of sp³-hybridized carbons (Fsp3) is 0.500. The zero-order chi connectivity index (χ0) is 16.0. The number of fused-ring (bicyclic) bond motifs is 1. The van der Waals surface area contributed by atoms with Crippen molar-refractivity contribution in [3.8, 4) is 0 Å². The monoisotopic (exact) mass is 313 g/mol. The lowest BCUT2D eigenvalue weighted by molar-refractivity contribution is -0.176. The molecule has 1 aliphatic heterocycles. The Kier molecular flexibility index (Phi) is 3.25. The van der Waals surface area contributed by atoms with Gasteiger partial charge in [-0.25, -0.2) is 4.79 Å². The van der Waals surface area contributed by atoms with Crippen molar-refractivity contribution in [1.82, 2.24) is 5.06 Å². The van der Waals surface area contributed by atoms with Crippen molar-refractivity contribution >= 4 is 17.8 Å². The highest BCUT2D eigenvalue weighted by Gasteiger charge is 2.44. The second-order valence-electron chi connectivity index (χ2n) is 6.99. The zero-order valence-electron chi connectivity index (χ0n) is 12.9. The fourth-order valence-electron chi connectivity index (χ4n) is 4.06. The molecular weight excluding hydrogens is 294 g/mol. The van der Waals surface area contributed by atoms with Gasteiger partial charge in [-0.3, -0.25) is 9.59 Å². The first-order valence-corrected chi connectivity index (χ1v) is 8.29. The van der Waals surface area contributed by atoms with Crippen LogP contribution in [0.2, 0.25) is 0 Å². The summed E-state index contributed by atoms with van der Waals surface area (Å²) in [5.74, 6) is -1.75. The van der Waals surface area contributed by atoms with E-state index >= 15 is 0 Å². The molecule has 2 saturated carbocycles. The molecule has 4 rings (SSSR count). The van der Waals surface area contributed by atoms with Crippen LogP contribution in [0.3, 0.4) is 0 Å². The summed E-state index contributed by atoms with van der Waals surface area (Å²) in [6.45, 7) is 0. The molecule has 2 fully saturated rings. The van der Waals surface area contributed by atoms with Crippen molar-refractivity contribution in [2.75, 3.05) is 0 Å². The van der Waals surface area contributed by atoms with Crippen molar-refractivity contribution in [2.24, 2.45) is 11.3 Å². The predicted octanol–water partition coefficient (Wildman–Crippen LogP) is 3.10. The zero-order valence-corrected chi connectivity index (χ0v) is 12.9. The topological polar surface area (TPSA) is 63.7 Å². The van der Waals surface area contributed by atoms with Crippen molar-refractivity contribution in [3.63, 3.8) is 0 Å². The Bertz CT molecular complexity index is 647. The molecule has 2 amide bonds. The molecule has 2 aliphatic carbocycles. The van der Waals surface area contributed by atoms with E-state index in [1.807, 2.05) is 0 Å². The van der Waals surface area contributed by atoms with Crippen LogP contribution in [-0.2, 0) is 9.63 Å². The summed E-state index contributed by atoms with van der Waals surface area (Å²) in [6.07, 6.45) is 7.53. The Hall–Kier alpha value is -2.17. The van der Waals surface area contributed by atoms with E-state index in [1.165, 1.54) is 19.3 Å². The standard InChI is InChI=1S/C18H19NO4/c20-15-13-4-1-2-5-14(13)16(21)19(15)23-17(22)12-6-10-18(11-7-12)8-3-9-18/h1-2,4-5,12H,3,6-11H2. The normalized spacial score (nSPS) is 22.9. The summed E-state index contributed by atoms with van der Waals surface area (Å²) in [5, 5.41) is 0.626. The highest BCUT2D eigenvalue weighted by atomic mass is 16.7. The highest BCUT2D eigenvalue weighted by Crippen LogP contribution is 2.52. The second kappa shape index (κ2) is 5.18. The molecule has 120 valence electrons. The SMILES string of the molecule is O=C(ON1C(=O)c2ccccc2C1=O)C1CCC2(CCC2)CC1. The van der Waals surface area contributed by atoms with Crippen molar-refractivity contribution < 1.29 is 19.2 Å². The van der Waals surface area contributed by atoms with Gasteiger partial charge in [-0.2, -0.15) is 0 Å². The number of imide groups is 1. The van der Waals surface area contributed by atoms with E-state index in [2.05, 4.69) is 0 Å². The van der Waals surface area contributed by atoms with Gasteiger partial charge in [-0.15, -0.1) is 0 Å². The number of nitrogens with zero attached hydrogens (tertiary/aromatic N) is 1. The number of hydroxylamine groups is 2. The quantitative estimate of drug-likeness (QED) is 0.787. The molecule has 0 bridgehead atoms. The summed E-state index contributed by atoms with van der Waals surface area (Å²) in [7, 11) is 0. The number of carbonyl (C=O) groups excluding carboxylic acids is 3. The Balaban J connectivity index is 1.42. The molecule has 23 heavy (non-hydrogen) atoms. The number of benzene rings is 1. The molecule has 0 radical (unpaired) electrons. The molecule has 0 saturated heterocycles. The van der Waals surface area contributed by atoms with E-state index in [1.54, 1.807) is 24.3 Å². The lowest BCUT2D eigenvalue weighted by Gasteiger charge is -2.46. The van der Waals surface area contributed by atoms with E-state index in [-0.39, 0.29) is 5.92 Å². The van der Waals surface area contributed by atoms with E-state index in [0.29, 0.717) is 21.6 Å². The molecule has 1 spiro atoms. The smallest absolute Gasteiger partial charge is 0.329 e. The first-order valence-electron chi connectivity index (χ1n) is 8.29. The van der Waals surface area contributed by atoms with Gasteiger partial charge in [0.25, 0.3) is 11.8 Å². The minimum absolute atomic E-state index is 0.203. The van der Waals surface area contributed by atoms with Crippen LogP contribution in [0, 0.1) is 11.3 Å². The first-order chi connectivity index (χ1) is 11.1. The molecule has 1 aromatic rings. The van der Waals surface area contributed by atoms with Gasteiger partial charge in [0, 0.05) is 0 Å². The number of hydrogen-bond donors (Lipinski definition) is 0. The van der Waals surface area contributed by atoms with Gasteiger partial charge >= 0.3 is 5.97 Å². The van der Waals surface area contributed by atoms with Gasteiger partial charge < -0.3 is 4.84 Å². The second-order valence-corrected chi connectivity index (χ2v) is 6.99. The van der Waals surface area contributed by atoms with E-state index < -0.39 is 17.8 Å². The summed E-state index contributed by atoms with van der Waals surface area (Å²) in [4.78, 5) is 41.9. The van der Waals surface area contributed by atoms with Gasteiger partial charge in [0.2, 0.25) is 0 Å². The third-order valence-electron chi connectivity index (χ3n) is 5.73. The van der Waals surface area contributed by atoms with Gasteiger partial charge in [-0.05, 0) is 56.1 Å². The van der Waals surface area contributed by atoms with E-state index in [9.17, 15) is 14.4 Å². The minimum atomic E-state index is -0.551. The largest absolute Gasteiger partial charge is 0.336 e. The Morgan fingerprint density at radius 1 is 1.00 bits per heavy atom. The minimum Gasteiger partial charge on any atom is -0.329 e. The molecule has 3 aliphatic rings. The van der Waals surface area contributed by atoms with Gasteiger partial charge in [0.05, 0.1) is 17.0 Å². The van der Waals surface area contributed by atoms with Crippen LogP contribution < -0.4 is 0 Å². The van der Waals surface area contributed by atoms with Crippen LogP contribution in [-0.4, -0.2) is 22.8 Å². The third kappa shape index (κ3) is 2.26. The molecule has 5 nitrogen and oxygen atoms in total. The molecular formula is C18H19NO4. The van der Waals surface area contributed by atoms with Crippen LogP contribution in [0.1, 0.15) is 65.7 Å². The van der Waals surface area contributed by atoms with Gasteiger partial charge in [0.1, 0.15) is 0 Å². The summed E-state index contributed by atoms with van der Waals surface area (Å²) in [5.41, 5.74) is 1.05. The lowest BCUT2D eigenvalue weighted by Crippen LogP contribution is -2.39. The van der Waals surface area contributed by atoms with Crippen molar-refractivity contribution in [2.45, 2.75) is 44.9 Å². The molecule has 0 N–H and O–H groups in total. The molecule has 0 atom stereocenters. The Morgan fingerprint density at radius 3 is 2.04 bits per heavy atom. The molecule has 1 aromatic carbocycles. The lowest BCUT2D eigenvalue weighted by atomic mass is 9.59. The predicted molar refractivity (Wildman–Crippen MR) is 81.3 cm³/mol. The summed E-state index contributed by atoms with van der Waals surface area (Å²) >= 11 is 0. The maximum atomic E-state index is 12.3. The Labute approximate surface area is 134 Å². The molecule has 0 aromatic heterocycles. The number of carbonyl (C=O) groups is 3. The third-order valence-corrected chi connectivity index (χ3v) is 5.73. The van der Waals surface area contributed by atoms with Crippen LogP contribution >= 0.6 is 0 Å². The Morgan fingerprint density at radius 2 is 1.57 bits per heavy atom. The fourth-order valence-corrected chi connectivity index (χ4v) is 4.06. The maximum absolute atomic E-state index is 12.3. The van der Waals surface area contributed by atoms with Gasteiger partial charge in [-0.1, -0.05) is 23.6 Å². The van der Waals surface area contributed by atoms with Gasteiger partial charge in [0.15, 0.2) is 0 Å².